The zero-order chi connectivity index (χ0) is 10.1. The minimum Gasteiger partial charge on any atom is -0.369 e. The molecule has 0 aliphatic heterocycles. The molecule has 1 aromatic heterocycles. The largest absolute Gasteiger partial charge is 0.369 e. The normalized spacial score (nSPS) is 24.8. The second kappa shape index (κ2) is 3.89. The van der Waals surface area contributed by atoms with E-state index in [0.717, 1.165) is 28.7 Å². The van der Waals surface area contributed by atoms with Crippen LogP contribution >= 0.6 is 15.9 Å². The van der Waals surface area contributed by atoms with Gasteiger partial charge in [-0.15, -0.1) is 0 Å². The molecule has 2 atom stereocenters. The third-order valence-corrected chi connectivity index (χ3v) is 3.39. The van der Waals surface area contributed by atoms with Crippen LogP contribution in [0.15, 0.2) is 16.7 Å². The van der Waals surface area contributed by atoms with Crippen molar-refractivity contribution in [2.24, 2.45) is 11.8 Å². The van der Waals surface area contributed by atoms with Crippen molar-refractivity contribution in [3.8, 4) is 0 Å². The Bertz CT molecular complexity index is 338. The standard InChI is InChI=1S/C11H15BrN2/c1-7-3-10(12)11(13-5-7)14-6-9-4-8(9)2/h3,5,8-9H,4,6H2,1-2H3,(H,13,14). The fourth-order valence-electron chi connectivity index (χ4n) is 1.57. The van der Waals surface area contributed by atoms with Crippen molar-refractivity contribution >= 4 is 21.7 Å². The Hall–Kier alpha value is -0.570. The van der Waals surface area contributed by atoms with Gasteiger partial charge >= 0.3 is 0 Å². The van der Waals surface area contributed by atoms with Gasteiger partial charge in [-0.05, 0) is 52.7 Å². The first-order valence-electron chi connectivity index (χ1n) is 5.03. The van der Waals surface area contributed by atoms with E-state index in [9.17, 15) is 0 Å². The van der Waals surface area contributed by atoms with Crippen molar-refractivity contribution in [2.75, 3.05) is 11.9 Å². The SMILES string of the molecule is Cc1cnc(NCC2CC2C)c(Br)c1. The third kappa shape index (κ3) is 2.27. The van der Waals surface area contributed by atoms with Gasteiger partial charge in [0.15, 0.2) is 0 Å². The van der Waals surface area contributed by atoms with E-state index in [1.54, 1.807) is 0 Å². The maximum absolute atomic E-state index is 4.34. The molecular formula is C11H15BrN2. The number of nitrogens with one attached hydrogen (secondary N) is 1. The molecule has 14 heavy (non-hydrogen) atoms. The maximum atomic E-state index is 4.34. The van der Waals surface area contributed by atoms with E-state index < -0.39 is 0 Å². The summed E-state index contributed by atoms with van der Waals surface area (Å²) in [6.07, 6.45) is 3.25. The highest BCUT2D eigenvalue weighted by molar-refractivity contribution is 9.10. The fourth-order valence-corrected chi connectivity index (χ4v) is 2.18. The molecule has 1 aliphatic rings. The van der Waals surface area contributed by atoms with Crippen LogP contribution in [0.3, 0.4) is 0 Å². The zero-order valence-electron chi connectivity index (χ0n) is 8.55. The lowest BCUT2D eigenvalue weighted by molar-refractivity contribution is 0.784. The molecule has 1 aromatic rings. The van der Waals surface area contributed by atoms with E-state index in [1.807, 2.05) is 13.1 Å². The van der Waals surface area contributed by atoms with Crippen molar-refractivity contribution in [3.05, 3.63) is 22.3 Å². The topological polar surface area (TPSA) is 24.9 Å². The van der Waals surface area contributed by atoms with Crippen LogP contribution in [-0.4, -0.2) is 11.5 Å². The summed E-state index contributed by atoms with van der Waals surface area (Å²) in [6, 6.07) is 2.09. The van der Waals surface area contributed by atoms with Crippen LogP contribution < -0.4 is 5.32 Å². The molecule has 0 saturated heterocycles. The highest BCUT2D eigenvalue weighted by Gasteiger charge is 2.31. The van der Waals surface area contributed by atoms with E-state index in [4.69, 9.17) is 0 Å². The van der Waals surface area contributed by atoms with Gasteiger partial charge in [0.05, 0.1) is 4.47 Å². The van der Waals surface area contributed by atoms with Gasteiger partial charge in [0.1, 0.15) is 5.82 Å². The molecule has 0 aromatic carbocycles. The number of hydrogen-bond acceptors (Lipinski definition) is 2. The van der Waals surface area contributed by atoms with Crippen LogP contribution in [0.4, 0.5) is 5.82 Å². The minimum absolute atomic E-state index is 0.852. The molecule has 76 valence electrons. The first kappa shape index (κ1) is 9.97. The second-order valence-electron chi connectivity index (χ2n) is 4.20. The number of rotatable bonds is 3. The van der Waals surface area contributed by atoms with Crippen LogP contribution in [0, 0.1) is 18.8 Å². The van der Waals surface area contributed by atoms with E-state index in [1.165, 1.54) is 12.0 Å². The lowest BCUT2D eigenvalue weighted by atomic mass is 10.3. The summed E-state index contributed by atoms with van der Waals surface area (Å²) < 4.78 is 1.06. The van der Waals surface area contributed by atoms with Crippen LogP contribution in [0.25, 0.3) is 0 Å². The molecule has 1 heterocycles. The molecule has 1 saturated carbocycles. The molecule has 0 spiro atoms. The van der Waals surface area contributed by atoms with Crippen molar-refractivity contribution in [1.82, 2.24) is 4.98 Å². The molecule has 2 nitrogen and oxygen atoms in total. The van der Waals surface area contributed by atoms with Crippen molar-refractivity contribution in [2.45, 2.75) is 20.3 Å². The van der Waals surface area contributed by atoms with Crippen LogP contribution in [0.2, 0.25) is 0 Å². The Morgan fingerprint density at radius 1 is 1.64 bits per heavy atom. The molecular weight excluding hydrogens is 240 g/mol. The molecule has 2 unspecified atom stereocenters. The first-order chi connectivity index (χ1) is 6.66. The second-order valence-corrected chi connectivity index (χ2v) is 5.05. The fraction of sp³-hybridized carbons (Fsp3) is 0.545. The average Bonchev–Trinajstić information content (AvgIpc) is 2.80. The van der Waals surface area contributed by atoms with Gasteiger partial charge in [-0.2, -0.15) is 0 Å². The summed E-state index contributed by atoms with van der Waals surface area (Å²) >= 11 is 3.51. The predicted octanol–water partition coefficient (Wildman–Crippen LogP) is 3.22. The number of anilines is 1. The zero-order valence-corrected chi connectivity index (χ0v) is 10.1. The Balaban J connectivity index is 1.95. The molecule has 1 aliphatic carbocycles. The summed E-state index contributed by atoms with van der Waals surface area (Å²) in [7, 11) is 0. The average molecular weight is 255 g/mol. The van der Waals surface area contributed by atoms with Crippen LogP contribution in [-0.2, 0) is 0 Å². The highest BCUT2D eigenvalue weighted by atomic mass is 79.9. The van der Waals surface area contributed by atoms with Gasteiger partial charge in [-0.1, -0.05) is 6.92 Å². The van der Waals surface area contributed by atoms with E-state index in [0.29, 0.717) is 0 Å². The van der Waals surface area contributed by atoms with Crippen molar-refractivity contribution < 1.29 is 0 Å². The molecule has 1 fully saturated rings. The number of pyridine rings is 1. The summed E-state index contributed by atoms with van der Waals surface area (Å²) in [4.78, 5) is 4.34. The molecule has 0 amide bonds. The summed E-state index contributed by atoms with van der Waals surface area (Å²) in [6.45, 7) is 5.39. The van der Waals surface area contributed by atoms with Gasteiger partial charge in [0.2, 0.25) is 0 Å². The number of aryl methyl sites for hydroxylation is 1. The molecule has 0 bridgehead atoms. The van der Waals surface area contributed by atoms with Gasteiger partial charge in [-0.3, -0.25) is 0 Å². The summed E-state index contributed by atoms with van der Waals surface area (Å²) in [5.74, 6) is 2.71. The first-order valence-corrected chi connectivity index (χ1v) is 5.82. The monoisotopic (exact) mass is 254 g/mol. The Kier molecular flexibility index (Phi) is 2.77. The number of nitrogens with zero attached hydrogens (tertiary/aromatic N) is 1. The number of hydrogen-bond donors (Lipinski definition) is 1. The lowest BCUT2D eigenvalue weighted by Crippen LogP contribution is -2.06. The van der Waals surface area contributed by atoms with Crippen molar-refractivity contribution in [3.63, 3.8) is 0 Å². The molecule has 1 N–H and O–H groups in total. The quantitative estimate of drug-likeness (QED) is 0.896. The van der Waals surface area contributed by atoms with Crippen molar-refractivity contribution in [1.29, 1.82) is 0 Å². The van der Waals surface area contributed by atoms with Gasteiger partial charge in [0.25, 0.3) is 0 Å². The maximum Gasteiger partial charge on any atom is 0.140 e. The molecule has 3 heteroatoms. The lowest BCUT2D eigenvalue weighted by Gasteiger charge is -2.07. The number of aromatic nitrogens is 1. The smallest absolute Gasteiger partial charge is 0.140 e. The van der Waals surface area contributed by atoms with E-state index in [2.05, 4.69) is 39.2 Å². The van der Waals surface area contributed by atoms with Gasteiger partial charge in [-0.25, -0.2) is 4.98 Å². The Morgan fingerprint density at radius 2 is 2.36 bits per heavy atom. The Labute approximate surface area is 93.3 Å². The van der Waals surface area contributed by atoms with Gasteiger partial charge < -0.3 is 5.32 Å². The van der Waals surface area contributed by atoms with Crippen LogP contribution in [0.1, 0.15) is 18.9 Å². The van der Waals surface area contributed by atoms with E-state index >= 15 is 0 Å². The molecule has 2 rings (SSSR count). The summed E-state index contributed by atoms with van der Waals surface area (Å²) in [5.41, 5.74) is 1.18. The Morgan fingerprint density at radius 3 is 2.93 bits per heavy atom. The van der Waals surface area contributed by atoms with Gasteiger partial charge in [0, 0.05) is 12.7 Å². The van der Waals surface area contributed by atoms with E-state index in [-0.39, 0.29) is 0 Å². The van der Waals surface area contributed by atoms with Crippen LogP contribution in [0.5, 0.6) is 0 Å². The summed E-state index contributed by atoms with van der Waals surface area (Å²) in [5, 5.41) is 3.37. The number of halogens is 1. The third-order valence-electron chi connectivity index (χ3n) is 2.79. The predicted molar refractivity (Wildman–Crippen MR) is 62.4 cm³/mol. The highest BCUT2D eigenvalue weighted by Crippen LogP contribution is 2.37. The minimum atomic E-state index is 0.852. The molecule has 0 radical (unpaired) electrons.